The largest absolute Gasteiger partial charge is 0.369 e. The third-order valence-electron chi connectivity index (χ3n) is 6.56. The lowest BCUT2D eigenvalue weighted by atomic mass is 10.1. The number of anilines is 3. The zero-order valence-corrected chi connectivity index (χ0v) is 19.5. The minimum Gasteiger partial charge on any atom is -0.369 e. The van der Waals surface area contributed by atoms with Crippen molar-refractivity contribution in [3.05, 3.63) is 41.5 Å². The molecule has 9 nitrogen and oxygen atoms in total. The van der Waals surface area contributed by atoms with Gasteiger partial charge in [-0.05, 0) is 57.4 Å². The number of imidazole rings is 1. The molecule has 0 bridgehead atoms. The van der Waals surface area contributed by atoms with Crippen LogP contribution in [0.25, 0.3) is 16.6 Å². The molecule has 1 saturated heterocycles. The van der Waals surface area contributed by atoms with E-state index in [2.05, 4.69) is 37.6 Å². The summed E-state index contributed by atoms with van der Waals surface area (Å²) in [5, 5.41) is 16.0. The van der Waals surface area contributed by atoms with E-state index in [0.717, 1.165) is 55.1 Å². The standard InChI is InChI=1S/C24H27FN8O/c1-13-8-20(29-32-12-15(3)27-23(13)32)28-22-21-18(25)9-17(31-7-6-26-14(2)11-31)10-19(21)33(30-22)24(34)16-4-5-16/h8-10,12,14,16,26H,4-7,11H2,1-3H3,(H,28,29,30). The number of halogens is 1. The molecule has 2 N–H and O–H groups in total. The number of rotatable bonds is 4. The van der Waals surface area contributed by atoms with Crippen LogP contribution in [0.15, 0.2) is 24.4 Å². The Morgan fingerprint density at radius 3 is 2.79 bits per heavy atom. The molecule has 34 heavy (non-hydrogen) atoms. The summed E-state index contributed by atoms with van der Waals surface area (Å²) in [5.41, 5.74) is 3.80. The molecule has 0 radical (unpaired) electrons. The minimum atomic E-state index is -0.410. The van der Waals surface area contributed by atoms with Crippen molar-refractivity contribution >= 4 is 39.8 Å². The monoisotopic (exact) mass is 462 g/mol. The fraction of sp³-hybridized carbons (Fsp3) is 0.417. The Kier molecular flexibility index (Phi) is 4.80. The van der Waals surface area contributed by atoms with Crippen molar-refractivity contribution < 1.29 is 9.18 Å². The fourth-order valence-electron chi connectivity index (χ4n) is 4.72. The van der Waals surface area contributed by atoms with Gasteiger partial charge < -0.3 is 15.5 Å². The number of benzene rings is 1. The summed E-state index contributed by atoms with van der Waals surface area (Å²) in [6.45, 7) is 8.34. The maximum Gasteiger partial charge on any atom is 0.250 e. The van der Waals surface area contributed by atoms with Crippen molar-refractivity contribution in [2.75, 3.05) is 29.9 Å². The molecule has 4 heterocycles. The van der Waals surface area contributed by atoms with Gasteiger partial charge in [-0.1, -0.05) is 0 Å². The van der Waals surface area contributed by atoms with Crippen molar-refractivity contribution in [3.8, 4) is 0 Å². The Hall–Kier alpha value is -3.53. The van der Waals surface area contributed by atoms with Crippen LogP contribution in [-0.4, -0.2) is 56.0 Å². The lowest BCUT2D eigenvalue weighted by Crippen LogP contribution is -2.49. The number of hydrogen-bond donors (Lipinski definition) is 2. The summed E-state index contributed by atoms with van der Waals surface area (Å²) in [6.07, 6.45) is 3.53. The van der Waals surface area contributed by atoms with Crippen LogP contribution < -0.4 is 15.5 Å². The second-order valence-corrected chi connectivity index (χ2v) is 9.48. The van der Waals surface area contributed by atoms with Gasteiger partial charge >= 0.3 is 0 Å². The number of aromatic nitrogens is 5. The molecule has 176 valence electrons. The normalized spacial score (nSPS) is 18.7. The summed E-state index contributed by atoms with van der Waals surface area (Å²) in [5.74, 6) is 0.241. The van der Waals surface area contributed by atoms with Gasteiger partial charge in [-0.3, -0.25) is 4.79 Å². The number of carbonyl (C=O) groups excluding carboxylic acids is 1. The van der Waals surface area contributed by atoms with E-state index in [0.29, 0.717) is 22.8 Å². The fourth-order valence-corrected chi connectivity index (χ4v) is 4.72. The first-order chi connectivity index (χ1) is 16.4. The van der Waals surface area contributed by atoms with E-state index in [-0.39, 0.29) is 17.6 Å². The van der Waals surface area contributed by atoms with Gasteiger partial charge in [0.05, 0.1) is 22.8 Å². The smallest absolute Gasteiger partial charge is 0.250 e. The highest BCUT2D eigenvalue weighted by atomic mass is 19.1. The van der Waals surface area contributed by atoms with Gasteiger partial charge in [0, 0.05) is 37.3 Å². The molecule has 1 aliphatic carbocycles. The molecule has 1 aliphatic heterocycles. The first kappa shape index (κ1) is 21.0. The average Bonchev–Trinajstić information content (AvgIpc) is 3.48. The number of nitrogens with zero attached hydrogens (tertiary/aromatic N) is 6. The highest BCUT2D eigenvalue weighted by Gasteiger charge is 2.34. The first-order valence-corrected chi connectivity index (χ1v) is 11.7. The predicted molar refractivity (Wildman–Crippen MR) is 128 cm³/mol. The molecule has 1 unspecified atom stereocenters. The number of hydrogen-bond acceptors (Lipinski definition) is 7. The number of piperazine rings is 1. The van der Waals surface area contributed by atoms with Crippen LogP contribution in [0.5, 0.6) is 0 Å². The van der Waals surface area contributed by atoms with Gasteiger partial charge in [0.15, 0.2) is 17.3 Å². The molecule has 3 aromatic heterocycles. The first-order valence-electron chi connectivity index (χ1n) is 11.7. The summed E-state index contributed by atoms with van der Waals surface area (Å²) in [4.78, 5) is 19.7. The van der Waals surface area contributed by atoms with Crippen molar-refractivity contribution in [1.29, 1.82) is 0 Å². The van der Waals surface area contributed by atoms with Crippen LogP contribution in [0.1, 0.15) is 35.8 Å². The van der Waals surface area contributed by atoms with Gasteiger partial charge in [0.25, 0.3) is 5.91 Å². The van der Waals surface area contributed by atoms with E-state index >= 15 is 4.39 Å². The Labute approximate surface area is 195 Å². The van der Waals surface area contributed by atoms with E-state index < -0.39 is 5.82 Å². The third-order valence-corrected chi connectivity index (χ3v) is 6.56. The van der Waals surface area contributed by atoms with E-state index in [1.54, 1.807) is 10.6 Å². The topological polar surface area (TPSA) is 92.4 Å². The van der Waals surface area contributed by atoms with Crippen molar-refractivity contribution in [3.63, 3.8) is 0 Å². The number of carbonyl (C=O) groups is 1. The maximum atomic E-state index is 15.6. The number of nitrogens with one attached hydrogen (secondary N) is 2. The van der Waals surface area contributed by atoms with Crippen LogP contribution in [-0.2, 0) is 0 Å². The molecular weight excluding hydrogens is 435 g/mol. The Balaban J connectivity index is 1.46. The Morgan fingerprint density at radius 2 is 2.03 bits per heavy atom. The number of fused-ring (bicyclic) bond motifs is 2. The average molecular weight is 463 g/mol. The van der Waals surface area contributed by atoms with Crippen LogP contribution in [0.3, 0.4) is 0 Å². The Morgan fingerprint density at radius 1 is 1.21 bits per heavy atom. The van der Waals surface area contributed by atoms with Gasteiger partial charge in [0.1, 0.15) is 5.82 Å². The van der Waals surface area contributed by atoms with E-state index in [1.165, 1.54) is 4.68 Å². The highest BCUT2D eigenvalue weighted by Crippen LogP contribution is 2.36. The van der Waals surface area contributed by atoms with Crippen LogP contribution in [0.2, 0.25) is 0 Å². The van der Waals surface area contributed by atoms with Gasteiger partial charge in [-0.15, -0.1) is 10.2 Å². The molecule has 0 amide bonds. The van der Waals surface area contributed by atoms with Crippen LogP contribution in [0.4, 0.5) is 21.7 Å². The molecule has 1 atom stereocenters. The molecule has 1 saturated carbocycles. The summed E-state index contributed by atoms with van der Waals surface area (Å²) in [6, 6.07) is 5.58. The third kappa shape index (κ3) is 3.58. The van der Waals surface area contributed by atoms with E-state index in [1.807, 2.05) is 32.2 Å². The second-order valence-electron chi connectivity index (χ2n) is 9.48. The SMILES string of the molecule is Cc1cn2nc(Nc3nn(C(=O)C4CC4)c4cc(N5CCNC(C)C5)cc(F)c34)cc(C)c2n1. The van der Waals surface area contributed by atoms with Crippen LogP contribution in [0, 0.1) is 25.6 Å². The van der Waals surface area contributed by atoms with Crippen LogP contribution >= 0.6 is 0 Å². The molecular formula is C24H27FN8O. The predicted octanol–water partition coefficient (Wildman–Crippen LogP) is 3.43. The lowest BCUT2D eigenvalue weighted by molar-refractivity contribution is 0.0876. The highest BCUT2D eigenvalue weighted by molar-refractivity contribution is 6.01. The van der Waals surface area contributed by atoms with Gasteiger partial charge in [-0.2, -0.15) is 4.68 Å². The van der Waals surface area contributed by atoms with Crippen molar-refractivity contribution in [1.82, 2.24) is 29.7 Å². The number of aryl methyl sites for hydroxylation is 2. The molecule has 4 aromatic rings. The molecule has 2 aliphatic rings. The quantitative estimate of drug-likeness (QED) is 0.480. The molecule has 0 spiro atoms. The van der Waals surface area contributed by atoms with E-state index in [9.17, 15) is 4.79 Å². The summed E-state index contributed by atoms with van der Waals surface area (Å²) < 4.78 is 18.7. The lowest BCUT2D eigenvalue weighted by Gasteiger charge is -2.33. The molecule has 1 aromatic carbocycles. The van der Waals surface area contributed by atoms with Gasteiger partial charge in [0.2, 0.25) is 0 Å². The second kappa shape index (κ2) is 7.76. The molecule has 2 fully saturated rings. The summed E-state index contributed by atoms with van der Waals surface area (Å²) >= 11 is 0. The van der Waals surface area contributed by atoms with Gasteiger partial charge in [-0.25, -0.2) is 13.9 Å². The molecule has 10 heteroatoms. The Bertz CT molecular complexity index is 1440. The summed E-state index contributed by atoms with van der Waals surface area (Å²) in [7, 11) is 0. The zero-order chi connectivity index (χ0) is 23.6. The van der Waals surface area contributed by atoms with Crippen molar-refractivity contribution in [2.45, 2.75) is 39.7 Å². The maximum absolute atomic E-state index is 15.6. The zero-order valence-electron chi connectivity index (χ0n) is 19.5. The minimum absolute atomic E-state index is 0.0486. The van der Waals surface area contributed by atoms with Crippen molar-refractivity contribution in [2.24, 2.45) is 5.92 Å². The molecule has 6 rings (SSSR count). The van der Waals surface area contributed by atoms with E-state index in [4.69, 9.17) is 0 Å².